The van der Waals surface area contributed by atoms with Crippen LogP contribution in [0.5, 0.6) is 0 Å². The Labute approximate surface area is 323 Å². The molecule has 3 unspecified atom stereocenters. The summed E-state index contributed by atoms with van der Waals surface area (Å²) in [5.41, 5.74) is -0.840. The lowest BCUT2D eigenvalue weighted by atomic mass is 9.70. The van der Waals surface area contributed by atoms with Gasteiger partial charge in [0.15, 0.2) is 0 Å². The molecule has 5 N–H and O–H groups in total. The van der Waals surface area contributed by atoms with Crippen LogP contribution in [0.15, 0.2) is 42.1 Å². The number of hydrogen-bond donors (Lipinski definition) is 5. The first-order chi connectivity index (χ1) is 25.8. The molecule has 6 rings (SSSR count). The molecule has 1 aliphatic heterocycles. The van der Waals surface area contributed by atoms with Crippen LogP contribution in [0.3, 0.4) is 0 Å². The maximum absolute atomic E-state index is 14.8. The van der Waals surface area contributed by atoms with E-state index in [1.165, 1.54) is 11.0 Å². The lowest BCUT2D eigenvalue weighted by Crippen LogP contribution is -2.64. The van der Waals surface area contributed by atoms with Gasteiger partial charge in [0.2, 0.25) is 28.7 Å². The molecule has 1 aromatic heterocycles. The summed E-state index contributed by atoms with van der Waals surface area (Å²) in [5.74, 6) is -3.11. The van der Waals surface area contributed by atoms with Crippen molar-refractivity contribution in [3.05, 3.63) is 36.9 Å². The molecule has 4 fully saturated rings. The van der Waals surface area contributed by atoms with Crippen molar-refractivity contribution in [2.24, 2.45) is 34.0 Å². The van der Waals surface area contributed by atoms with Gasteiger partial charge in [-0.1, -0.05) is 91.9 Å². The molecule has 0 bridgehead atoms. The number of amides is 4. The number of carbonyl (C=O) groups excluding carboxylic acids is 5. The minimum atomic E-state index is -4.32. The van der Waals surface area contributed by atoms with E-state index in [0.717, 1.165) is 32.1 Å². The maximum atomic E-state index is 14.8. The number of nitrogens with one attached hydrogen (secondary N) is 5. The predicted molar refractivity (Wildman–Crippen MR) is 207 cm³/mol. The second kappa shape index (κ2) is 15.1. The number of Topliss-reactive ketones (excluding diaryl/α,β-unsaturated/α-hetero) is 1. The van der Waals surface area contributed by atoms with Gasteiger partial charge in [-0.15, -0.1) is 6.58 Å². The van der Waals surface area contributed by atoms with Crippen molar-refractivity contribution in [3.8, 4) is 0 Å². The zero-order valence-electron chi connectivity index (χ0n) is 32.9. The van der Waals surface area contributed by atoms with Crippen LogP contribution in [0.4, 0.5) is 0 Å². The molecule has 2 heterocycles. The molecule has 15 heteroatoms. The first kappa shape index (κ1) is 40.6. The van der Waals surface area contributed by atoms with Gasteiger partial charge in [-0.05, 0) is 65.4 Å². The molecule has 1 aromatic carbocycles. The number of ketones is 1. The minimum absolute atomic E-state index is 0.0153. The van der Waals surface area contributed by atoms with Crippen molar-refractivity contribution in [2.75, 3.05) is 13.1 Å². The number of aromatic nitrogens is 2. The fourth-order valence-corrected chi connectivity index (χ4v) is 10.1. The van der Waals surface area contributed by atoms with Crippen molar-refractivity contribution >= 4 is 50.5 Å². The number of piperidine rings is 1. The number of aromatic amines is 1. The molecular formula is C40H57N7O7S. The third-order valence-corrected chi connectivity index (χ3v) is 13.8. The monoisotopic (exact) mass is 779 g/mol. The molecule has 300 valence electrons. The third kappa shape index (κ3) is 8.37. The van der Waals surface area contributed by atoms with Crippen LogP contribution in [-0.2, 0) is 34.0 Å². The largest absolute Gasteiger partial charge is 0.346 e. The molecular weight excluding hydrogens is 723 g/mol. The Morgan fingerprint density at radius 2 is 1.71 bits per heavy atom. The van der Waals surface area contributed by atoms with E-state index in [9.17, 15) is 32.4 Å². The summed E-state index contributed by atoms with van der Waals surface area (Å²) in [6.45, 7) is 15.4. The average Bonchev–Trinajstić information content (AvgIpc) is 3.87. The van der Waals surface area contributed by atoms with Crippen LogP contribution in [0.25, 0.3) is 11.0 Å². The summed E-state index contributed by atoms with van der Waals surface area (Å²) in [6, 6.07) is 2.60. The standard InChI is InChI=1S/C40H57N7O7S/c1-8-20-41-34(50)30(48)27(21-23-16-17-23)42-33(49)29-28-24(39(28,5)6)22-47(29)36(52)32(38(2,3)4)45-35(51)31(40(7)18-12-9-13-19-40)46-55(53,54)37-43-25-14-10-11-15-26(25)44-37/h8,10-11,14-15,23-24,27-29,31-32,46H,1,9,12-13,16-22H2,2-7H3,(H,41,50)(H,42,49)(H,43,44)(H,45,51)/t24?,27?,28?,29-,31+,32+/m0/s1. The van der Waals surface area contributed by atoms with Crippen LogP contribution in [0, 0.1) is 34.0 Å². The molecule has 4 aliphatic rings. The lowest BCUT2D eigenvalue weighted by Gasteiger charge is -2.42. The Balaban J connectivity index is 1.26. The molecule has 55 heavy (non-hydrogen) atoms. The summed E-state index contributed by atoms with van der Waals surface area (Å²) >= 11 is 0. The van der Waals surface area contributed by atoms with Gasteiger partial charge in [-0.25, -0.2) is 13.4 Å². The second-order valence-corrected chi connectivity index (χ2v) is 19.8. The number of H-pyrrole nitrogens is 1. The van der Waals surface area contributed by atoms with Gasteiger partial charge in [0.05, 0.1) is 17.1 Å². The highest BCUT2D eigenvalue weighted by atomic mass is 32.2. The molecule has 1 saturated heterocycles. The molecule has 3 aliphatic carbocycles. The third-order valence-electron chi connectivity index (χ3n) is 12.5. The highest BCUT2D eigenvalue weighted by Gasteiger charge is 2.70. The minimum Gasteiger partial charge on any atom is -0.346 e. The zero-order valence-corrected chi connectivity index (χ0v) is 33.7. The number of benzene rings is 1. The van der Waals surface area contributed by atoms with E-state index in [-0.39, 0.29) is 41.4 Å². The van der Waals surface area contributed by atoms with Crippen molar-refractivity contribution in [1.82, 2.24) is 35.5 Å². The average molecular weight is 780 g/mol. The van der Waals surface area contributed by atoms with E-state index in [1.54, 1.807) is 24.3 Å². The fraction of sp³-hybridized carbons (Fsp3) is 0.650. The van der Waals surface area contributed by atoms with Crippen LogP contribution >= 0.6 is 0 Å². The topological polar surface area (TPSA) is 200 Å². The van der Waals surface area contributed by atoms with E-state index < -0.39 is 74.4 Å². The summed E-state index contributed by atoms with van der Waals surface area (Å²) in [4.78, 5) is 78.2. The summed E-state index contributed by atoms with van der Waals surface area (Å²) in [6.07, 6.45) is 7.40. The van der Waals surface area contributed by atoms with E-state index in [2.05, 4.69) is 37.2 Å². The van der Waals surface area contributed by atoms with Crippen molar-refractivity contribution in [2.45, 2.75) is 122 Å². The highest BCUT2D eigenvalue weighted by Crippen LogP contribution is 2.65. The molecule has 14 nitrogen and oxygen atoms in total. The Bertz CT molecular complexity index is 1920. The van der Waals surface area contributed by atoms with Gasteiger partial charge < -0.3 is 25.8 Å². The SMILES string of the molecule is C=CCNC(=O)C(=O)C(CC1CC1)NC(=O)[C@@H]1C2C(CN1C(=O)[C@@H](NC(=O)[C@@H](NS(=O)(=O)c1nc3ccccc3[nH]1)C1(C)CCCCC1)C(C)(C)C)C2(C)C. The lowest BCUT2D eigenvalue weighted by molar-refractivity contribution is -0.147. The quantitative estimate of drug-likeness (QED) is 0.134. The van der Waals surface area contributed by atoms with Gasteiger partial charge in [0.1, 0.15) is 18.1 Å². The maximum Gasteiger partial charge on any atom is 0.289 e. The number of nitrogens with zero attached hydrogens (tertiary/aromatic N) is 2. The molecule has 3 saturated carbocycles. The fourth-order valence-electron chi connectivity index (χ4n) is 8.87. The van der Waals surface area contributed by atoms with E-state index >= 15 is 0 Å². The summed E-state index contributed by atoms with van der Waals surface area (Å²) < 4.78 is 30.5. The van der Waals surface area contributed by atoms with Crippen LogP contribution < -0.4 is 20.7 Å². The van der Waals surface area contributed by atoms with Gasteiger partial charge in [0, 0.05) is 13.1 Å². The second-order valence-electron chi connectivity index (χ2n) is 18.1. The smallest absolute Gasteiger partial charge is 0.289 e. The van der Waals surface area contributed by atoms with Crippen LogP contribution in [-0.4, -0.2) is 90.0 Å². The number of carbonyl (C=O) groups is 5. The Hall–Kier alpha value is -4.11. The highest BCUT2D eigenvalue weighted by molar-refractivity contribution is 7.89. The predicted octanol–water partition coefficient (Wildman–Crippen LogP) is 3.35. The number of sulfonamides is 1. The Kier molecular flexibility index (Phi) is 11.1. The van der Waals surface area contributed by atoms with E-state index in [0.29, 0.717) is 30.3 Å². The van der Waals surface area contributed by atoms with E-state index in [1.807, 2.05) is 41.5 Å². The van der Waals surface area contributed by atoms with E-state index in [4.69, 9.17) is 0 Å². The summed E-state index contributed by atoms with van der Waals surface area (Å²) in [7, 11) is -4.32. The normalized spacial score (nSPS) is 24.5. The van der Waals surface area contributed by atoms with Crippen LogP contribution in [0.2, 0.25) is 0 Å². The van der Waals surface area contributed by atoms with Crippen LogP contribution in [0.1, 0.15) is 92.9 Å². The van der Waals surface area contributed by atoms with Gasteiger partial charge in [-0.3, -0.25) is 24.0 Å². The number of para-hydroxylation sites is 2. The van der Waals surface area contributed by atoms with Crippen molar-refractivity contribution in [1.29, 1.82) is 0 Å². The zero-order chi connectivity index (χ0) is 40.1. The Morgan fingerprint density at radius 3 is 2.33 bits per heavy atom. The van der Waals surface area contributed by atoms with Crippen molar-refractivity contribution < 1.29 is 32.4 Å². The number of likely N-dealkylation sites (tertiary alicyclic amines) is 1. The molecule has 6 atom stereocenters. The first-order valence-electron chi connectivity index (χ1n) is 19.6. The Morgan fingerprint density at radius 1 is 1.04 bits per heavy atom. The number of hydrogen-bond acceptors (Lipinski definition) is 8. The summed E-state index contributed by atoms with van der Waals surface area (Å²) in [5, 5.41) is 8.02. The van der Waals surface area contributed by atoms with Crippen molar-refractivity contribution in [3.63, 3.8) is 0 Å². The van der Waals surface area contributed by atoms with Gasteiger partial charge in [0.25, 0.3) is 15.9 Å². The molecule has 0 spiro atoms. The molecule has 0 radical (unpaired) electrons. The molecule has 4 amide bonds. The first-order valence-corrected chi connectivity index (χ1v) is 21.1. The number of imidazole rings is 1. The molecule has 2 aromatic rings. The van der Waals surface area contributed by atoms with Gasteiger partial charge in [-0.2, -0.15) is 4.72 Å². The van der Waals surface area contributed by atoms with Gasteiger partial charge >= 0.3 is 0 Å². The number of rotatable bonds is 15. The number of fused-ring (bicyclic) bond motifs is 2.